The monoisotopic (exact) mass is 238 g/mol. The first-order valence-electron chi connectivity index (χ1n) is 6.22. The fraction of sp³-hybridized carbons (Fsp3) is 0.714. The van der Waals surface area contributed by atoms with Gasteiger partial charge in [0, 0.05) is 0 Å². The molecule has 2 heteroatoms. The first kappa shape index (κ1) is 15.5. The molecular weight excluding hydrogens is 212 g/mol. The van der Waals surface area contributed by atoms with E-state index in [1.807, 2.05) is 6.08 Å². The minimum absolute atomic E-state index is 0.313. The van der Waals surface area contributed by atoms with Crippen LogP contribution in [0.4, 0.5) is 0 Å². The maximum atomic E-state index is 5.76. The van der Waals surface area contributed by atoms with E-state index in [9.17, 15) is 0 Å². The van der Waals surface area contributed by atoms with Gasteiger partial charge >= 0.3 is 0 Å². The first-order chi connectivity index (χ1) is 7.49. The molecule has 1 unspecified atom stereocenters. The summed E-state index contributed by atoms with van der Waals surface area (Å²) in [5.41, 5.74) is 3.31. The molecular formula is C14H26OSi. The van der Waals surface area contributed by atoms with Crippen LogP contribution in [0.2, 0.25) is 19.6 Å². The third-order valence-corrected chi connectivity index (χ3v) is 3.09. The van der Waals surface area contributed by atoms with Gasteiger partial charge in [-0.25, -0.2) is 0 Å². The number of hydrogen-bond acceptors (Lipinski definition) is 1. The van der Waals surface area contributed by atoms with E-state index in [2.05, 4.69) is 44.6 Å². The van der Waals surface area contributed by atoms with Gasteiger partial charge in [0.2, 0.25) is 0 Å². The van der Waals surface area contributed by atoms with Crippen LogP contribution in [0, 0.1) is 11.5 Å². The molecule has 0 N–H and O–H groups in total. The second-order valence-electron chi connectivity index (χ2n) is 5.15. The summed E-state index contributed by atoms with van der Waals surface area (Å²) in [5, 5.41) is 0. The van der Waals surface area contributed by atoms with Gasteiger partial charge in [-0.3, -0.25) is 0 Å². The lowest BCUT2D eigenvalue weighted by Gasteiger charge is -2.14. The standard InChI is InChI=1S/C14H26OSi/c1-6-8-11-14(10-7-2)15-12-9-13-16(3,4)5/h7,14H,2,6,8,10-12H2,1,3-5H3. The van der Waals surface area contributed by atoms with Crippen LogP contribution in [0.1, 0.15) is 32.6 Å². The second-order valence-corrected chi connectivity index (χ2v) is 9.90. The maximum Gasteiger partial charge on any atom is 0.129 e. The molecule has 0 aliphatic rings. The summed E-state index contributed by atoms with van der Waals surface area (Å²) in [4.78, 5) is 0. The summed E-state index contributed by atoms with van der Waals surface area (Å²) in [7, 11) is -1.23. The highest BCUT2D eigenvalue weighted by Gasteiger charge is 2.08. The minimum atomic E-state index is -1.23. The van der Waals surface area contributed by atoms with Gasteiger partial charge in [0.25, 0.3) is 0 Å². The van der Waals surface area contributed by atoms with Gasteiger partial charge in [0.1, 0.15) is 14.7 Å². The van der Waals surface area contributed by atoms with Crippen LogP contribution in [0.15, 0.2) is 12.7 Å². The van der Waals surface area contributed by atoms with Crippen molar-refractivity contribution < 1.29 is 4.74 Å². The van der Waals surface area contributed by atoms with Crippen molar-refractivity contribution in [2.75, 3.05) is 6.61 Å². The molecule has 1 nitrogen and oxygen atoms in total. The average Bonchev–Trinajstić information content (AvgIpc) is 2.19. The van der Waals surface area contributed by atoms with Gasteiger partial charge in [0.05, 0.1) is 6.10 Å². The molecule has 0 spiro atoms. The Morgan fingerprint density at radius 1 is 1.38 bits per heavy atom. The Balaban J connectivity index is 3.90. The minimum Gasteiger partial charge on any atom is -0.365 e. The van der Waals surface area contributed by atoms with E-state index in [0.29, 0.717) is 12.7 Å². The molecule has 16 heavy (non-hydrogen) atoms. The third-order valence-electron chi connectivity index (χ3n) is 2.16. The molecule has 92 valence electrons. The molecule has 0 heterocycles. The van der Waals surface area contributed by atoms with Crippen molar-refractivity contribution in [3.63, 3.8) is 0 Å². The zero-order chi connectivity index (χ0) is 12.4. The Morgan fingerprint density at radius 3 is 2.56 bits per heavy atom. The highest BCUT2D eigenvalue weighted by molar-refractivity contribution is 6.83. The summed E-state index contributed by atoms with van der Waals surface area (Å²) in [6.07, 6.45) is 6.75. The zero-order valence-corrected chi connectivity index (χ0v) is 12.3. The quantitative estimate of drug-likeness (QED) is 0.370. The molecule has 0 aromatic rings. The molecule has 0 saturated heterocycles. The van der Waals surface area contributed by atoms with Crippen LogP contribution in [0.3, 0.4) is 0 Å². The summed E-state index contributed by atoms with van der Waals surface area (Å²) in [5.74, 6) is 3.15. The Labute approximate surface area is 102 Å². The van der Waals surface area contributed by atoms with Crippen molar-refractivity contribution in [2.45, 2.75) is 58.4 Å². The average molecular weight is 238 g/mol. The predicted molar refractivity (Wildman–Crippen MR) is 75.2 cm³/mol. The lowest BCUT2D eigenvalue weighted by molar-refractivity contribution is 0.0720. The lowest BCUT2D eigenvalue weighted by Crippen LogP contribution is -2.17. The molecule has 0 radical (unpaired) electrons. The van der Waals surface area contributed by atoms with Gasteiger partial charge in [-0.05, 0) is 12.8 Å². The highest BCUT2D eigenvalue weighted by Crippen LogP contribution is 2.09. The van der Waals surface area contributed by atoms with Gasteiger partial charge < -0.3 is 4.74 Å². The molecule has 0 fully saturated rings. The molecule has 0 saturated carbocycles. The van der Waals surface area contributed by atoms with Crippen molar-refractivity contribution in [1.29, 1.82) is 0 Å². The van der Waals surface area contributed by atoms with Crippen molar-refractivity contribution in [3.8, 4) is 11.5 Å². The van der Waals surface area contributed by atoms with Gasteiger partial charge in [-0.15, -0.1) is 12.1 Å². The molecule has 0 aromatic carbocycles. The Hall–Kier alpha value is -0.523. The molecule has 0 aliphatic heterocycles. The van der Waals surface area contributed by atoms with Crippen LogP contribution in [0.25, 0.3) is 0 Å². The van der Waals surface area contributed by atoms with E-state index in [0.717, 1.165) is 12.8 Å². The number of hydrogen-bond donors (Lipinski definition) is 0. The zero-order valence-electron chi connectivity index (χ0n) is 11.3. The topological polar surface area (TPSA) is 9.23 Å². The van der Waals surface area contributed by atoms with Crippen LogP contribution in [0.5, 0.6) is 0 Å². The van der Waals surface area contributed by atoms with E-state index >= 15 is 0 Å². The Bertz CT molecular complexity index is 242. The van der Waals surface area contributed by atoms with E-state index in [4.69, 9.17) is 4.74 Å². The molecule has 0 rings (SSSR count). The van der Waals surface area contributed by atoms with Gasteiger partial charge in [-0.2, -0.15) is 0 Å². The molecule has 0 aromatic heterocycles. The van der Waals surface area contributed by atoms with E-state index in [-0.39, 0.29) is 0 Å². The smallest absolute Gasteiger partial charge is 0.129 e. The Kier molecular flexibility index (Phi) is 8.33. The van der Waals surface area contributed by atoms with Crippen molar-refractivity contribution in [1.82, 2.24) is 0 Å². The molecule has 0 bridgehead atoms. The molecule has 0 amide bonds. The van der Waals surface area contributed by atoms with Crippen LogP contribution in [-0.4, -0.2) is 20.8 Å². The normalized spacial score (nSPS) is 12.8. The van der Waals surface area contributed by atoms with Crippen LogP contribution >= 0.6 is 0 Å². The van der Waals surface area contributed by atoms with E-state index in [1.54, 1.807) is 0 Å². The van der Waals surface area contributed by atoms with Gasteiger partial charge in [-0.1, -0.05) is 51.4 Å². The fourth-order valence-electron chi connectivity index (χ4n) is 1.35. The fourth-order valence-corrected chi connectivity index (χ4v) is 1.95. The van der Waals surface area contributed by atoms with E-state index in [1.165, 1.54) is 12.8 Å². The SMILES string of the molecule is C=CCC(CCCC)OCC#C[Si](C)(C)C. The lowest BCUT2D eigenvalue weighted by atomic mass is 10.1. The van der Waals surface area contributed by atoms with Crippen molar-refractivity contribution >= 4 is 8.07 Å². The van der Waals surface area contributed by atoms with Crippen LogP contribution in [-0.2, 0) is 4.74 Å². The van der Waals surface area contributed by atoms with Crippen LogP contribution < -0.4 is 0 Å². The summed E-state index contributed by atoms with van der Waals surface area (Å²) in [6, 6.07) is 0. The third kappa shape index (κ3) is 10.0. The predicted octanol–water partition coefficient (Wildman–Crippen LogP) is 4.02. The summed E-state index contributed by atoms with van der Waals surface area (Å²) < 4.78 is 5.76. The highest BCUT2D eigenvalue weighted by atomic mass is 28.3. The number of ether oxygens (including phenoxy) is 1. The molecule has 1 atom stereocenters. The number of unbranched alkanes of at least 4 members (excludes halogenated alkanes) is 1. The summed E-state index contributed by atoms with van der Waals surface area (Å²) >= 11 is 0. The van der Waals surface area contributed by atoms with Crippen molar-refractivity contribution in [2.24, 2.45) is 0 Å². The largest absolute Gasteiger partial charge is 0.365 e. The molecule has 0 aliphatic carbocycles. The number of rotatable bonds is 7. The maximum absolute atomic E-state index is 5.76. The van der Waals surface area contributed by atoms with Gasteiger partial charge in [0.15, 0.2) is 0 Å². The Morgan fingerprint density at radius 2 is 2.06 bits per heavy atom. The van der Waals surface area contributed by atoms with Crippen molar-refractivity contribution in [3.05, 3.63) is 12.7 Å². The second kappa shape index (κ2) is 8.61. The summed E-state index contributed by atoms with van der Waals surface area (Å²) in [6.45, 7) is 13.3. The first-order valence-corrected chi connectivity index (χ1v) is 9.72. The van der Waals surface area contributed by atoms with E-state index < -0.39 is 8.07 Å².